The predicted molar refractivity (Wildman–Crippen MR) is 201 cm³/mol. The van der Waals surface area contributed by atoms with Crippen molar-refractivity contribution in [3.05, 3.63) is 133 Å². The minimum absolute atomic E-state index is 0. The van der Waals surface area contributed by atoms with Crippen LogP contribution >= 0.6 is 0 Å². The molecule has 0 atom stereocenters. The zero-order chi connectivity index (χ0) is 33.9. The van der Waals surface area contributed by atoms with Crippen molar-refractivity contribution >= 4 is 33.2 Å². The van der Waals surface area contributed by atoms with E-state index in [-0.39, 0.29) is 22.4 Å². The normalized spacial score (nSPS) is 12.8. The van der Waals surface area contributed by atoms with Crippen LogP contribution in [0.4, 0.5) is 11.4 Å². The molecule has 6 aromatic rings. The maximum Gasteiger partial charge on any atom is 0.0803 e. The third-order valence-corrected chi connectivity index (χ3v) is 8.95. The topological polar surface area (TPSA) is 59.2 Å². The van der Waals surface area contributed by atoms with Crippen molar-refractivity contribution in [2.24, 2.45) is 0 Å². The molecule has 3 heterocycles. The predicted octanol–water partition coefficient (Wildman–Crippen LogP) is 10.9. The summed E-state index contributed by atoms with van der Waals surface area (Å²) in [5, 5.41) is 2.28. The second-order valence-electron chi connectivity index (χ2n) is 13.7. The molecular formula is C42H46AuN6-2. The molecule has 4 aromatic carbocycles. The van der Waals surface area contributed by atoms with Crippen LogP contribution in [0.1, 0.15) is 101 Å². The summed E-state index contributed by atoms with van der Waals surface area (Å²) in [5.74, 6) is 2.55. The quantitative estimate of drug-likeness (QED) is 0.118. The number of aromatic nitrogens is 4. The van der Waals surface area contributed by atoms with Gasteiger partial charge in [0, 0.05) is 46.1 Å². The molecule has 0 spiro atoms. The summed E-state index contributed by atoms with van der Waals surface area (Å²) < 4.78 is 0. The first-order chi connectivity index (χ1) is 23.1. The third kappa shape index (κ3) is 7.52. The summed E-state index contributed by atoms with van der Waals surface area (Å²) in [6.07, 6.45) is 9.40. The average Bonchev–Trinajstić information content (AvgIpc) is 3.76. The number of anilines is 2. The van der Waals surface area contributed by atoms with Crippen molar-refractivity contribution in [3.63, 3.8) is 0 Å². The van der Waals surface area contributed by atoms with Crippen LogP contribution in [-0.2, 0) is 22.4 Å². The van der Waals surface area contributed by atoms with E-state index in [9.17, 15) is 0 Å². The molecule has 2 aromatic heterocycles. The van der Waals surface area contributed by atoms with E-state index in [0.717, 1.165) is 16.4 Å². The molecule has 6 nitrogen and oxygen atoms in total. The van der Waals surface area contributed by atoms with Crippen molar-refractivity contribution < 1.29 is 22.4 Å². The van der Waals surface area contributed by atoms with Crippen LogP contribution in [-0.4, -0.2) is 15.0 Å². The van der Waals surface area contributed by atoms with E-state index in [2.05, 4.69) is 159 Å². The Bertz CT molecular complexity index is 1920. The van der Waals surface area contributed by atoms with E-state index in [0.29, 0.717) is 35.2 Å². The fraction of sp³-hybridized carbons (Fsp3) is 0.286. The standard InChI is InChI=1S/C27H37N2.C15H9N4.Au/c1-18(2)22-11-9-12-23(19(3)4)26(22)28-15-16-29(17-28)27-24(20(5)6)13-10-14-25(27)21(7)8;1-2-4-11-10(3-1)5-6-12-14(11)19-15(18-12)13-9-16-7-8-17-13;/h9-21H,1-8H3;1-9H;/q2*-1;. The molecule has 0 saturated heterocycles. The van der Waals surface area contributed by atoms with E-state index >= 15 is 0 Å². The molecule has 0 fully saturated rings. The van der Waals surface area contributed by atoms with Crippen molar-refractivity contribution in [2.75, 3.05) is 9.80 Å². The average molecular weight is 832 g/mol. The minimum atomic E-state index is 0. The molecular weight excluding hydrogens is 785 g/mol. The van der Waals surface area contributed by atoms with Crippen molar-refractivity contribution in [1.82, 2.24) is 19.9 Å². The van der Waals surface area contributed by atoms with Crippen LogP contribution in [0.25, 0.3) is 33.3 Å². The van der Waals surface area contributed by atoms with Gasteiger partial charge in [-0.05, 0) is 86.0 Å². The number of nitrogens with zero attached hydrogens (tertiary/aromatic N) is 6. The Labute approximate surface area is 307 Å². The molecule has 0 aliphatic carbocycles. The van der Waals surface area contributed by atoms with Gasteiger partial charge in [0.2, 0.25) is 0 Å². The number of rotatable bonds is 7. The van der Waals surface area contributed by atoms with E-state index in [1.807, 2.05) is 18.2 Å². The Morgan fingerprint density at radius 3 is 1.63 bits per heavy atom. The van der Waals surface area contributed by atoms with Crippen molar-refractivity contribution in [1.29, 1.82) is 0 Å². The molecule has 1 radical (unpaired) electrons. The van der Waals surface area contributed by atoms with Crippen LogP contribution < -0.4 is 14.8 Å². The number of benzene rings is 4. The van der Waals surface area contributed by atoms with Gasteiger partial charge in [-0.2, -0.15) is 0 Å². The Balaban J connectivity index is 0.000000202. The van der Waals surface area contributed by atoms with E-state index in [1.54, 1.807) is 18.6 Å². The van der Waals surface area contributed by atoms with Crippen LogP contribution in [0.2, 0.25) is 0 Å². The van der Waals surface area contributed by atoms with Crippen molar-refractivity contribution in [3.8, 4) is 11.5 Å². The van der Waals surface area contributed by atoms with Gasteiger partial charge in [0.25, 0.3) is 0 Å². The molecule has 0 bridgehead atoms. The van der Waals surface area contributed by atoms with Gasteiger partial charge in [-0.1, -0.05) is 128 Å². The molecule has 0 N–H and O–H groups in total. The first kappa shape index (κ1) is 36.1. The molecule has 0 unspecified atom stereocenters. The summed E-state index contributed by atoms with van der Waals surface area (Å²) >= 11 is 0. The fourth-order valence-electron chi connectivity index (χ4n) is 6.46. The van der Waals surface area contributed by atoms with Crippen LogP contribution in [0.5, 0.6) is 0 Å². The van der Waals surface area contributed by atoms with E-state index in [4.69, 9.17) is 0 Å². The van der Waals surface area contributed by atoms with Gasteiger partial charge in [0.05, 0.1) is 11.9 Å². The van der Waals surface area contributed by atoms with Gasteiger partial charge in [-0.25, -0.2) is 0 Å². The third-order valence-electron chi connectivity index (χ3n) is 8.95. The summed E-state index contributed by atoms with van der Waals surface area (Å²) in [5.41, 5.74) is 10.8. The Kier molecular flexibility index (Phi) is 11.4. The minimum Gasteiger partial charge on any atom is -0.479 e. The second kappa shape index (κ2) is 15.5. The van der Waals surface area contributed by atoms with E-state index < -0.39 is 0 Å². The van der Waals surface area contributed by atoms with Crippen LogP contribution in [0.15, 0.2) is 104 Å². The molecule has 0 amide bonds. The first-order valence-electron chi connectivity index (χ1n) is 17.1. The largest absolute Gasteiger partial charge is 0.479 e. The molecule has 1 aliphatic rings. The van der Waals surface area contributed by atoms with Crippen molar-refractivity contribution in [2.45, 2.75) is 79.1 Å². The second-order valence-corrected chi connectivity index (χ2v) is 13.7. The summed E-state index contributed by atoms with van der Waals surface area (Å²) in [4.78, 5) is 22.1. The number of hydrogen-bond acceptors (Lipinski definition) is 5. The summed E-state index contributed by atoms with van der Waals surface area (Å²) in [7, 11) is 0. The monoisotopic (exact) mass is 831 g/mol. The van der Waals surface area contributed by atoms with Gasteiger partial charge in [-0.3, -0.25) is 9.97 Å². The SMILES string of the molecule is CC(C)c1cccc(C(C)C)c1N1C=CN(c2c(C(C)C)cccc2C(C)C)[CH-]1.[Au].c1ccc2c(c1)ccc1[n-]c(-c3cnccn3)nc12. The maximum atomic E-state index is 4.60. The smallest absolute Gasteiger partial charge is 0.0803 e. The molecule has 0 saturated carbocycles. The molecule has 257 valence electrons. The van der Waals surface area contributed by atoms with Gasteiger partial charge in [-0.15, -0.1) is 6.67 Å². The Morgan fingerprint density at radius 2 is 1.14 bits per heavy atom. The Hall–Kier alpha value is -4.23. The van der Waals surface area contributed by atoms with Crippen LogP contribution in [0, 0.1) is 6.67 Å². The first-order valence-corrected chi connectivity index (χ1v) is 17.1. The number of fused-ring (bicyclic) bond motifs is 3. The molecule has 7 rings (SSSR count). The summed E-state index contributed by atoms with van der Waals surface area (Å²) in [6, 6.07) is 25.7. The van der Waals surface area contributed by atoms with E-state index in [1.165, 1.54) is 39.0 Å². The Morgan fingerprint density at radius 1 is 0.612 bits per heavy atom. The number of hydrogen-bond donors (Lipinski definition) is 0. The zero-order valence-corrected chi connectivity index (χ0v) is 31.9. The maximum absolute atomic E-state index is 4.60. The zero-order valence-electron chi connectivity index (χ0n) is 29.7. The van der Waals surface area contributed by atoms with Crippen LogP contribution in [0.3, 0.4) is 0 Å². The fourth-order valence-corrected chi connectivity index (χ4v) is 6.46. The number of para-hydroxylation sites is 2. The number of imidazole rings is 1. The summed E-state index contributed by atoms with van der Waals surface area (Å²) in [6.45, 7) is 20.5. The van der Waals surface area contributed by atoms with Gasteiger partial charge >= 0.3 is 0 Å². The molecule has 7 heteroatoms. The van der Waals surface area contributed by atoms with Gasteiger partial charge in [0.1, 0.15) is 0 Å². The van der Waals surface area contributed by atoms with Gasteiger partial charge < -0.3 is 19.8 Å². The molecule has 49 heavy (non-hydrogen) atoms. The van der Waals surface area contributed by atoms with Gasteiger partial charge in [0.15, 0.2) is 0 Å². The molecule has 1 aliphatic heterocycles.